The summed E-state index contributed by atoms with van der Waals surface area (Å²) in [6.07, 6.45) is 2.04. The fourth-order valence-corrected chi connectivity index (χ4v) is 4.63. The Balaban J connectivity index is 1.77. The number of hydrogen-bond donors (Lipinski definition) is 0. The molecule has 2 heterocycles. The molecule has 0 spiro atoms. The van der Waals surface area contributed by atoms with Crippen molar-refractivity contribution in [3.05, 3.63) is 76.4 Å². The molecule has 2 aromatic carbocycles. The Morgan fingerprint density at radius 3 is 2.44 bits per heavy atom. The predicted molar refractivity (Wildman–Crippen MR) is 137 cm³/mol. The highest BCUT2D eigenvalue weighted by atomic mass is 35.5. The quantitative estimate of drug-likeness (QED) is 0.425. The molecule has 0 aliphatic carbocycles. The highest BCUT2D eigenvalue weighted by molar-refractivity contribution is 6.30. The molecule has 1 atom stereocenters. The van der Waals surface area contributed by atoms with E-state index in [-0.39, 0.29) is 17.9 Å². The molecule has 3 aromatic rings. The van der Waals surface area contributed by atoms with Crippen molar-refractivity contribution in [3.8, 4) is 5.69 Å². The second kappa shape index (κ2) is 10.6. The molecule has 0 bridgehead atoms. The van der Waals surface area contributed by atoms with Crippen LogP contribution in [-0.4, -0.2) is 53.9 Å². The summed E-state index contributed by atoms with van der Waals surface area (Å²) >= 11 is 6.07. The van der Waals surface area contributed by atoms with Gasteiger partial charge in [-0.2, -0.15) is 5.10 Å². The second-order valence-corrected chi connectivity index (χ2v) is 9.75. The number of anilines is 1. The van der Waals surface area contributed by atoms with E-state index in [1.807, 2.05) is 41.9 Å². The SMILES string of the molecule is CC(C)c1nn(-c2ccccc2)c(N(C)C)c1CN(CC1CCCO1)C(=O)c1ccc(Cl)cc1. The summed E-state index contributed by atoms with van der Waals surface area (Å²) in [5.74, 6) is 1.16. The number of benzene rings is 2. The Hall–Kier alpha value is -2.83. The molecule has 7 heteroatoms. The lowest BCUT2D eigenvalue weighted by atomic mass is 10.0. The summed E-state index contributed by atoms with van der Waals surface area (Å²) in [6, 6.07) is 17.2. The summed E-state index contributed by atoms with van der Waals surface area (Å²) in [5.41, 5.74) is 3.67. The lowest BCUT2D eigenvalue weighted by Crippen LogP contribution is -2.37. The maximum absolute atomic E-state index is 13.7. The van der Waals surface area contributed by atoms with Crippen LogP contribution < -0.4 is 4.90 Å². The van der Waals surface area contributed by atoms with Gasteiger partial charge in [-0.25, -0.2) is 4.68 Å². The summed E-state index contributed by atoms with van der Waals surface area (Å²) < 4.78 is 7.90. The summed E-state index contributed by atoms with van der Waals surface area (Å²) in [5, 5.41) is 5.63. The molecule has 1 fully saturated rings. The van der Waals surface area contributed by atoms with Crippen molar-refractivity contribution < 1.29 is 9.53 Å². The first-order chi connectivity index (χ1) is 16.3. The smallest absolute Gasteiger partial charge is 0.254 e. The number of amides is 1. The Kier molecular flexibility index (Phi) is 7.59. The normalized spacial score (nSPS) is 15.6. The van der Waals surface area contributed by atoms with Crippen molar-refractivity contribution in [1.82, 2.24) is 14.7 Å². The molecule has 6 nitrogen and oxygen atoms in total. The summed E-state index contributed by atoms with van der Waals surface area (Å²) in [4.78, 5) is 17.7. The number of ether oxygens (including phenoxy) is 1. The molecular weight excluding hydrogens is 448 g/mol. The molecule has 1 aliphatic rings. The number of carbonyl (C=O) groups excluding carboxylic acids is 1. The Labute approximate surface area is 207 Å². The van der Waals surface area contributed by atoms with Gasteiger partial charge < -0.3 is 14.5 Å². The minimum absolute atomic E-state index is 0.0287. The Morgan fingerprint density at radius 1 is 1.15 bits per heavy atom. The molecule has 1 aromatic heterocycles. The minimum atomic E-state index is -0.0287. The van der Waals surface area contributed by atoms with Gasteiger partial charge in [-0.1, -0.05) is 43.6 Å². The third kappa shape index (κ3) is 5.29. The predicted octanol–water partition coefficient (Wildman–Crippen LogP) is 5.54. The molecular formula is C27H33ClN4O2. The highest BCUT2D eigenvalue weighted by Crippen LogP contribution is 2.32. The van der Waals surface area contributed by atoms with E-state index in [2.05, 4.69) is 30.9 Å². The van der Waals surface area contributed by atoms with Crippen LogP contribution in [0.1, 0.15) is 54.2 Å². The third-order valence-corrected chi connectivity index (χ3v) is 6.39. The zero-order valence-corrected chi connectivity index (χ0v) is 21.1. The Morgan fingerprint density at radius 2 is 1.85 bits per heavy atom. The van der Waals surface area contributed by atoms with Gasteiger partial charge in [-0.15, -0.1) is 0 Å². The zero-order chi connectivity index (χ0) is 24.2. The topological polar surface area (TPSA) is 50.6 Å². The van der Waals surface area contributed by atoms with E-state index in [0.29, 0.717) is 23.7 Å². The fourth-order valence-electron chi connectivity index (χ4n) is 4.50. The molecule has 180 valence electrons. The van der Waals surface area contributed by atoms with E-state index in [1.165, 1.54) is 0 Å². The first-order valence-corrected chi connectivity index (χ1v) is 12.2. The number of aromatic nitrogens is 2. The lowest BCUT2D eigenvalue weighted by Gasteiger charge is -2.27. The van der Waals surface area contributed by atoms with Gasteiger partial charge in [0.1, 0.15) is 5.82 Å². The first kappa shape index (κ1) is 24.3. The first-order valence-electron chi connectivity index (χ1n) is 11.9. The van der Waals surface area contributed by atoms with E-state index in [0.717, 1.165) is 42.2 Å². The van der Waals surface area contributed by atoms with Gasteiger partial charge in [0.05, 0.1) is 24.0 Å². The zero-order valence-electron chi connectivity index (χ0n) is 20.4. The summed E-state index contributed by atoms with van der Waals surface area (Å²) in [7, 11) is 4.05. The van der Waals surface area contributed by atoms with Crippen LogP contribution in [0, 0.1) is 0 Å². The van der Waals surface area contributed by atoms with E-state index in [1.54, 1.807) is 24.3 Å². The minimum Gasteiger partial charge on any atom is -0.376 e. The van der Waals surface area contributed by atoms with E-state index in [9.17, 15) is 4.79 Å². The molecule has 0 radical (unpaired) electrons. The van der Waals surface area contributed by atoms with E-state index in [4.69, 9.17) is 21.4 Å². The van der Waals surface area contributed by atoms with E-state index >= 15 is 0 Å². The van der Waals surface area contributed by atoms with Crippen LogP contribution in [0.2, 0.25) is 5.02 Å². The van der Waals surface area contributed by atoms with Gasteiger partial charge in [0.2, 0.25) is 0 Å². The van der Waals surface area contributed by atoms with Crippen molar-refractivity contribution in [2.75, 3.05) is 32.1 Å². The monoisotopic (exact) mass is 480 g/mol. The average Bonchev–Trinajstić information content (AvgIpc) is 3.47. The number of nitrogens with zero attached hydrogens (tertiary/aromatic N) is 4. The number of hydrogen-bond acceptors (Lipinski definition) is 4. The standard InChI is InChI=1S/C27H33ClN4O2/c1-19(2)25-24(26(30(3)4)32(29-25)22-9-6-5-7-10-22)18-31(17-23-11-8-16-34-23)27(33)20-12-14-21(28)15-13-20/h5-7,9-10,12-15,19,23H,8,11,16-18H2,1-4H3. The number of para-hydroxylation sites is 1. The molecule has 1 unspecified atom stereocenters. The maximum Gasteiger partial charge on any atom is 0.254 e. The molecule has 1 amide bonds. The van der Waals surface area contributed by atoms with Gasteiger partial charge in [0, 0.05) is 43.4 Å². The van der Waals surface area contributed by atoms with Crippen LogP contribution in [0.5, 0.6) is 0 Å². The lowest BCUT2D eigenvalue weighted by molar-refractivity contribution is 0.0507. The van der Waals surface area contributed by atoms with E-state index < -0.39 is 0 Å². The van der Waals surface area contributed by atoms with Crippen LogP contribution in [-0.2, 0) is 11.3 Å². The van der Waals surface area contributed by atoms with Crippen LogP contribution in [0.15, 0.2) is 54.6 Å². The summed E-state index contributed by atoms with van der Waals surface area (Å²) in [6.45, 7) is 6.04. The average molecular weight is 481 g/mol. The second-order valence-electron chi connectivity index (χ2n) is 9.31. The van der Waals surface area contributed by atoms with Crippen LogP contribution in [0.3, 0.4) is 0 Å². The molecule has 1 saturated heterocycles. The fraction of sp³-hybridized carbons (Fsp3) is 0.407. The van der Waals surface area contributed by atoms with Crippen molar-refractivity contribution in [2.24, 2.45) is 0 Å². The van der Waals surface area contributed by atoms with Crippen molar-refractivity contribution in [1.29, 1.82) is 0 Å². The van der Waals surface area contributed by atoms with Gasteiger partial charge in [0.25, 0.3) is 5.91 Å². The number of halogens is 1. The van der Waals surface area contributed by atoms with Crippen molar-refractivity contribution in [2.45, 2.75) is 45.3 Å². The van der Waals surface area contributed by atoms with Gasteiger partial charge in [-0.05, 0) is 55.2 Å². The van der Waals surface area contributed by atoms with Crippen LogP contribution >= 0.6 is 11.6 Å². The highest BCUT2D eigenvalue weighted by Gasteiger charge is 2.29. The molecule has 4 rings (SSSR count). The molecule has 0 saturated carbocycles. The van der Waals surface area contributed by atoms with Gasteiger partial charge in [0.15, 0.2) is 0 Å². The third-order valence-electron chi connectivity index (χ3n) is 6.13. The van der Waals surface area contributed by atoms with Gasteiger partial charge >= 0.3 is 0 Å². The van der Waals surface area contributed by atoms with Crippen LogP contribution in [0.4, 0.5) is 5.82 Å². The largest absolute Gasteiger partial charge is 0.376 e. The maximum atomic E-state index is 13.7. The van der Waals surface area contributed by atoms with Crippen molar-refractivity contribution >= 4 is 23.3 Å². The molecule has 34 heavy (non-hydrogen) atoms. The van der Waals surface area contributed by atoms with Gasteiger partial charge in [-0.3, -0.25) is 4.79 Å². The van der Waals surface area contributed by atoms with Crippen LogP contribution in [0.25, 0.3) is 5.69 Å². The Bertz CT molecular complexity index is 1100. The molecule has 1 aliphatic heterocycles. The number of carbonyl (C=O) groups is 1. The van der Waals surface area contributed by atoms with Crippen molar-refractivity contribution in [3.63, 3.8) is 0 Å². The molecule has 0 N–H and O–H groups in total. The number of rotatable bonds is 8.